The Morgan fingerprint density at radius 2 is 2.31 bits per heavy atom. The molecule has 0 saturated heterocycles. The number of carbonyl (C=O) groups is 1. The molecule has 1 rings (SSSR count). The maximum absolute atomic E-state index is 12.7. The lowest BCUT2D eigenvalue weighted by Crippen LogP contribution is -2.06. The average Bonchev–Trinajstić information content (AvgIpc) is 2.03. The summed E-state index contributed by atoms with van der Waals surface area (Å²) in [6.45, 7) is 1.47. The van der Waals surface area contributed by atoms with Crippen LogP contribution in [0.15, 0.2) is 18.2 Å². The zero-order valence-electron chi connectivity index (χ0n) is 7.21. The van der Waals surface area contributed by atoms with E-state index in [2.05, 4.69) is 0 Å². The first kappa shape index (κ1) is 9.67. The number of esters is 1. The smallest absolute Gasteiger partial charge is 0.308 e. The van der Waals surface area contributed by atoms with Gasteiger partial charge in [0.2, 0.25) is 0 Å². The van der Waals surface area contributed by atoms with Crippen molar-refractivity contribution in [2.24, 2.45) is 5.73 Å². The van der Waals surface area contributed by atoms with E-state index in [9.17, 15) is 9.18 Å². The van der Waals surface area contributed by atoms with Crippen LogP contribution in [0.4, 0.5) is 4.39 Å². The van der Waals surface area contributed by atoms with Gasteiger partial charge in [0, 0.05) is 25.1 Å². The number of ether oxygens (including phenoxy) is 1. The highest BCUT2D eigenvalue weighted by atomic mass is 19.1. The second-order valence-electron chi connectivity index (χ2n) is 2.55. The Morgan fingerprint density at radius 3 is 2.85 bits per heavy atom. The zero-order valence-corrected chi connectivity index (χ0v) is 7.21. The van der Waals surface area contributed by atoms with Crippen LogP contribution in [-0.4, -0.2) is 5.97 Å². The van der Waals surface area contributed by atoms with E-state index in [1.807, 2.05) is 0 Å². The van der Waals surface area contributed by atoms with Crippen molar-refractivity contribution in [3.05, 3.63) is 29.6 Å². The van der Waals surface area contributed by atoms with Gasteiger partial charge in [-0.15, -0.1) is 0 Å². The average molecular weight is 183 g/mol. The van der Waals surface area contributed by atoms with Crippen LogP contribution in [0.3, 0.4) is 0 Å². The lowest BCUT2D eigenvalue weighted by atomic mass is 10.2. The molecule has 0 aromatic heterocycles. The fourth-order valence-electron chi connectivity index (χ4n) is 0.947. The number of benzene rings is 1. The molecule has 0 fully saturated rings. The molecule has 70 valence electrons. The molecule has 0 heterocycles. The Bertz CT molecular complexity index is 325. The number of halogens is 1. The minimum absolute atomic E-state index is 0.190. The predicted octanol–water partition coefficient (Wildman–Crippen LogP) is 1.21. The first-order valence-corrected chi connectivity index (χ1v) is 3.80. The van der Waals surface area contributed by atoms with E-state index in [1.165, 1.54) is 19.1 Å². The molecule has 1 aromatic carbocycles. The fraction of sp³-hybridized carbons (Fsp3) is 0.222. The molecule has 0 bridgehead atoms. The summed E-state index contributed by atoms with van der Waals surface area (Å²) in [6, 6.07) is 3.91. The summed E-state index contributed by atoms with van der Waals surface area (Å²) < 4.78 is 17.5. The maximum atomic E-state index is 12.7. The number of nitrogens with two attached hydrogens (primary N) is 1. The molecule has 4 heteroatoms. The highest BCUT2D eigenvalue weighted by Gasteiger charge is 2.05. The van der Waals surface area contributed by atoms with E-state index < -0.39 is 11.8 Å². The van der Waals surface area contributed by atoms with Gasteiger partial charge in [-0.1, -0.05) is 6.07 Å². The Balaban J connectivity index is 3.01. The van der Waals surface area contributed by atoms with Crippen LogP contribution < -0.4 is 10.5 Å². The predicted molar refractivity (Wildman–Crippen MR) is 45.6 cm³/mol. The molecule has 0 radical (unpaired) electrons. The molecule has 0 aliphatic carbocycles. The van der Waals surface area contributed by atoms with Crippen LogP contribution in [0.2, 0.25) is 0 Å². The summed E-state index contributed by atoms with van der Waals surface area (Å²) in [5.41, 5.74) is 5.97. The van der Waals surface area contributed by atoms with Gasteiger partial charge < -0.3 is 10.5 Å². The third-order valence-electron chi connectivity index (χ3n) is 1.50. The minimum Gasteiger partial charge on any atom is -0.426 e. The number of rotatable bonds is 2. The van der Waals surface area contributed by atoms with E-state index >= 15 is 0 Å². The lowest BCUT2D eigenvalue weighted by Gasteiger charge is -2.06. The number of hydrogen-bond donors (Lipinski definition) is 1. The van der Waals surface area contributed by atoms with Gasteiger partial charge in [-0.25, -0.2) is 4.39 Å². The van der Waals surface area contributed by atoms with Crippen LogP contribution in [-0.2, 0) is 11.3 Å². The maximum Gasteiger partial charge on any atom is 0.308 e. The molecular formula is C9H10FNO2. The summed E-state index contributed by atoms with van der Waals surface area (Å²) in [5.74, 6) is -0.747. The van der Waals surface area contributed by atoms with Crippen molar-refractivity contribution in [2.75, 3.05) is 0 Å². The van der Waals surface area contributed by atoms with Crippen molar-refractivity contribution in [2.45, 2.75) is 13.5 Å². The topological polar surface area (TPSA) is 52.3 Å². The van der Waals surface area contributed by atoms with Crippen LogP contribution in [0, 0.1) is 5.82 Å². The van der Waals surface area contributed by atoms with Crippen LogP contribution >= 0.6 is 0 Å². The van der Waals surface area contributed by atoms with Crippen LogP contribution in [0.5, 0.6) is 5.75 Å². The van der Waals surface area contributed by atoms with Crippen LogP contribution in [0.1, 0.15) is 12.5 Å². The Kier molecular flexibility index (Phi) is 2.97. The fourth-order valence-corrected chi connectivity index (χ4v) is 0.947. The normalized spacial score (nSPS) is 9.77. The molecule has 0 spiro atoms. The van der Waals surface area contributed by atoms with Gasteiger partial charge in [0.05, 0.1) is 0 Å². The lowest BCUT2D eigenvalue weighted by molar-refractivity contribution is -0.131. The largest absolute Gasteiger partial charge is 0.426 e. The van der Waals surface area contributed by atoms with Crippen molar-refractivity contribution in [1.29, 1.82) is 0 Å². The monoisotopic (exact) mass is 183 g/mol. The molecule has 0 amide bonds. The first-order chi connectivity index (χ1) is 6.13. The Hall–Kier alpha value is -1.42. The standard InChI is InChI=1S/C9H10FNO2/c1-6(12)13-9-4-8(10)3-2-7(9)5-11/h2-4H,5,11H2,1H3. The Labute approximate surface area is 75.3 Å². The van der Waals surface area contributed by atoms with Gasteiger partial charge >= 0.3 is 5.97 Å². The van der Waals surface area contributed by atoms with Crippen molar-refractivity contribution < 1.29 is 13.9 Å². The molecule has 2 N–H and O–H groups in total. The Morgan fingerprint density at radius 1 is 1.62 bits per heavy atom. The zero-order chi connectivity index (χ0) is 9.84. The highest BCUT2D eigenvalue weighted by Crippen LogP contribution is 2.19. The van der Waals surface area contributed by atoms with Gasteiger partial charge in [0.25, 0.3) is 0 Å². The van der Waals surface area contributed by atoms with E-state index in [0.717, 1.165) is 6.07 Å². The van der Waals surface area contributed by atoms with Crippen molar-refractivity contribution in [1.82, 2.24) is 0 Å². The molecular weight excluding hydrogens is 173 g/mol. The number of hydrogen-bond acceptors (Lipinski definition) is 3. The van der Waals surface area contributed by atoms with Gasteiger partial charge in [0.15, 0.2) is 0 Å². The first-order valence-electron chi connectivity index (χ1n) is 3.80. The third kappa shape index (κ3) is 2.52. The van der Waals surface area contributed by atoms with Gasteiger partial charge in [-0.05, 0) is 6.07 Å². The molecule has 0 aliphatic rings. The summed E-state index contributed by atoms with van der Waals surface area (Å²) >= 11 is 0. The van der Waals surface area contributed by atoms with Gasteiger partial charge in [0.1, 0.15) is 11.6 Å². The summed E-state index contributed by atoms with van der Waals surface area (Å²) in [5, 5.41) is 0. The van der Waals surface area contributed by atoms with Gasteiger partial charge in [-0.3, -0.25) is 4.79 Å². The van der Waals surface area contributed by atoms with E-state index in [0.29, 0.717) is 5.56 Å². The quantitative estimate of drug-likeness (QED) is 0.553. The SMILES string of the molecule is CC(=O)Oc1cc(F)ccc1CN. The molecule has 1 aromatic rings. The summed E-state index contributed by atoms with van der Waals surface area (Å²) in [6.07, 6.45) is 0. The van der Waals surface area contributed by atoms with E-state index in [1.54, 1.807) is 0 Å². The molecule has 0 aliphatic heterocycles. The van der Waals surface area contributed by atoms with Crippen molar-refractivity contribution >= 4 is 5.97 Å². The molecule has 0 atom stereocenters. The summed E-state index contributed by atoms with van der Waals surface area (Å²) in [7, 11) is 0. The summed E-state index contributed by atoms with van der Waals surface area (Å²) in [4.78, 5) is 10.6. The van der Waals surface area contributed by atoms with E-state index in [-0.39, 0.29) is 12.3 Å². The second-order valence-corrected chi connectivity index (χ2v) is 2.55. The molecule has 13 heavy (non-hydrogen) atoms. The van der Waals surface area contributed by atoms with Crippen LogP contribution in [0.25, 0.3) is 0 Å². The second kappa shape index (κ2) is 4.00. The van der Waals surface area contributed by atoms with Crippen molar-refractivity contribution in [3.63, 3.8) is 0 Å². The van der Waals surface area contributed by atoms with Crippen molar-refractivity contribution in [3.8, 4) is 5.75 Å². The molecule has 0 saturated carbocycles. The van der Waals surface area contributed by atoms with Gasteiger partial charge in [-0.2, -0.15) is 0 Å². The minimum atomic E-state index is -0.486. The molecule has 3 nitrogen and oxygen atoms in total. The molecule has 0 unspecified atom stereocenters. The number of carbonyl (C=O) groups excluding carboxylic acids is 1. The highest BCUT2D eigenvalue weighted by molar-refractivity contribution is 5.69. The van der Waals surface area contributed by atoms with E-state index in [4.69, 9.17) is 10.5 Å². The third-order valence-corrected chi connectivity index (χ3v) is 1.50.